The number of benzene rings is 1. The van der Waals surface area contributed by atoms with Crippen molar-refractivity contribution in [1.82, 2.24) is 35.6 Å². The van der Waals surface area contributed by atoms with E-state index in [2.05, 4.69) is 56.7 Å². The summed E-state index contributed by atoms with van der Waals surface area (Å²) in [7, 11) is 0. The molecule has 3 heterocycles. The minimum atomic E-state index is 0.427. The van der Waals surface area contributed by atoms with Crippen LogP contribution in [0, 0.1) is 6.92 Å². The molecule has 2 aromatic heterocycles. The zero-order valence-corrected chi connectivity index (χ0v) is 22.3. The van der Waals surface area contributed by atoms with Gasteiger partial charge in [0.15, 0.2) is 0 Å². The number of piperidine rings is 1. The van der Waals surface area contributed by atoms with Crippen LogP contribution in [0.1, 0.15) is 75.5 Å². The molecule has 1 aliphatic carbocycles. The average molecular weight is 506 g/mol. The van der Waals surface area contributed by atoms with Crippen molar-refractivity contribution in [2.75, 3.05) is 30.3 Å². The number of unbranched alkanes of at least 4 members (excludes halogenated alkanes) is 2. The highest BCUT2D eigenvalue weighted by atomic mass is 15.4. The van der Waals surface area contributed by atoms with Crippen LogP contribution in [-0.4, -0.2) is 56.7 Å². The molecule has 9 nitrogen and oxygen atoms in total. The Labute approximate surface area is 220 Å². The summed E-state index contributed by atoms with van der Waals surface area (Å²) >= 11 is 0. The first kappa shape index (κ1) is 25.9. The van der Waals surface area contributed by atoms with Crippen LogP contribution in [0.5, 0.6) is 0 Å². The van der Waals surface area contributed by atoms with Gasteiger partial charge in [0.2, 0.25) is 5.95 Å². The standard InChI is InChI=1S/C28H43N9/c1-21-10-11-26-25(18-21)27(32-23-12-15-29-16-13-23)34-28(33-26)31-19-24-20-37(36-35-24)17-7-3-6-14-30-22-8-4-2-5-9-22/h10-11,18,20,22-23,29-30H,2-9,12-17,19H2,1H3,(H2,31,32,33,34). The maximum Gasteiger partial charge on any atom is 0.225 e. The number of aromatic nitrogens is 5. The quantitative estimate of drug-likeness (QED) is 0.269. The van der Waals surface area contributed by atoms with E-state index in [1.54, 1.807) is 0 Å². The molecule has 200 valence electrons. The summed E-state index contributed by atoms with van der Waals surface area (Å²) in [4.78, 5) is 9.62. The zero-order chi connectivity index (χ0) is 25.3. The highest BCUT2D eigenvalue weighted by molar-refractivity contribution is 5.90. The summed E-state index contributed by atoms with van der Waals surface area (Å²) < 4.78 is 1.96. The fraction of sp³-hybridized carbons (Fsp3) is 0.643. The number of hydrogen-bond donors (Lipinski definition) is 4. The molecule has 4 N–H and O–H groups in total. The Morgan fingerprint density at radius 2 is 1.84 bits per heavy atom. The molecule has 1 aromatic carbocycles. The third-order valence-corrected chi connectivity index (χ3v) is 7.65. The van der Waals surface area contributed by atoms with Crippen molar-refractivity contribution in [2.45, 2.75) is 96.3 Å². The maximum absolute atomic E-state index is 4.86. The van der Waals surface area contributed by atoms with Crippen LogP contribution < -0.4 is 21.3 Å². The third-order valence-electron chi connectivity index (χ3n) is 7.65. The van der Waals surface area contributed by atoms with E-state index >= 15 is 0 Å². The van der Waals surface area contributed by atoms with Crippen molar-refractivity contribution in [2.24, 2.45) is 0 Å². The lowest BCUT2D eigenvalue weighted by Gasteiger charge is -2.25. The number of aryl methyl sites for hydroxylation is 2. The van der Waals surface area contributed by atoms with Gasteiger partial charge in [-0.15, -0.1) is 5.10 Å². The Balaban J connectivity index is 1.10. The fourth-order valence-corrected chi connectivity index (χ4v) is 5.48. The second-order valence-electron chi connectivity index (χ2n) is 10.8. The molecular formula is C28H43N9. The lowest BCUT2D eigenvalue weighted by atomic mass is 9.95. The van der Waals surface area contributed by atoms with Crippen LogP contribution in [0.4, 0.5) is 11.8 Å². The van der Waals surface area contributed by atoms with Crippen LogP contribution >= 0.6 is 0 Å². The number of nitrogens with zero attached hydrogens (tertiary/aromatic N) is 5. The van der Waals surface area contributed by atoms with E-state index < -0.39 is 0 Å². The molecule has 5 rings (SSSR count). The summed E-state index contributed by atoms with van der Waals surface area (Å²) in [5.74, 6) is 1.53. The summed E-state index contributed by atoms with van der Waals surface area (Å²) in [6, 6.07) is 7.53. The molecule has 0 spiro atoms. The molecule has 37 heavy (non-hydrogen) atoms. The van der Waals surface area contributed by atoms with Crippen molar-refractivity contribution >= 4 is 22.7 Å². The Hall–Kier alpha value is -2.78. The highest BCUT2D eigenvalue weighted by Gasteiger charge is 2.16. The van der Waals surface area contributed by atoms with Crippen molar-refractivity contribution < 1.29 is 0 Å². The van der Waals surface area contributed by atoms with Crippen LogP contribution in [-0.2, 0) is 13.1 Å². The SMILES string of the molecule is Cc1ccc2nc(NCc3cn(CCCCCNC4CCCCC4)nn3)nc(NC3CCNCC3)c2c1. The Kier molecular flexibility index (Phi) is 9.18. The lowest BCUT2D eigenvalue weighted by molar-refractivity contribution is 0.369. The first-order valence-electron chi connectivity index (χ1n) is 14.3. The van der Waals surface area contributed by atoms with Crippen LogP contribution in [0.25, 0.3) is 10.9 Å². The monoisotopic (exact) mass is 505 g/mol. The van der Waals surface area contributed by atoms with Gasteiger partial charge in [-0.05, 0) is 77.2 Å². The molecule has 0 atom stereocenters. The van der Waals surface area contributed by atoms with E-state index in [0.29, 0.717) is 18.5 Å². The number of anilines is 2. The van der Waals surface area contributed by atoms with E-state index in [1.807, 2.05) is 10.9 Å². The Bertz CT molecular complexity index is 1120. The van der Waals surface area contributed by atoms with Crippen LogP contribution in [0.15, 0.2) is 24.4 Å². The predicted octanol–water partition coefficient (Wildman–Crippen LogP) is 4.40. The van der Waals surface area contributed by atoms with Crippen molar-refractivity contribution in [1.29, 1.82) is 0 Å². The van der Waals surface area contributed by atoms with Crippen LogP contribution in [0.3, 0.4) is 0 Å². The third kappa shape index (κ3) is 7.61. The van der Waals surface area contributed by atoms with Gasteiger partial charge >= 0.3 is 0 Å². The van der Waals surface area contributed by atoms with E-state index in [1.165, 1.54) is 50.5 Å². The second-order valence-corrected chi connectivity index (χ2v) is 10.8. The predicted molar refractivity (Wildman–Crippen MR) is 150 cm³/mol. The number of nitrogens with one attached hydrogen (secondary N) is 4. The molecule has 0 bridgehead atoms. The van der Waals surface area contributed by atoms with Gasteiger partial charge in [0.25, 0.3) is 0 Å². The van der Waals surface area contributed by atoms with Crippen molar-refractivity contribution in [3.8, 4) is 0 Å². The van der Waals surface area contributed by atoms with Gasteiger partial charge in [-0.2, -0.15) is 4.98 Å². The average Bonchev–Trinajstić information content (AvgIpc) is 3.39. The maximum atomic E-state index is 4.86. The molecule has 0 unspecified atom stereocenters. The smallest absolute Gasteiger partial charge is 0.225 e. The molecule has 2 aliphatic rings. The van der Waals surface area contributed by atoms with Crippen LogP contribution in [0.2, 0.25) is 0 Å². The summed E-state index contributed by atoms with van der Waals surface area (Å²) in [5.41, 5.74) is 3.06. The van der Waals surface area contributed by atoms with E-state index in [0.717, 1.165) is 73.9 Å². The van der Waals surface area contributed by atoms with Gasteiger partial charge in [-0.3, -0.25) is 4.68 Å². The molecule has 0 amide bonds. The summed E-state index contributed by atoms with van der Waals surface area (Å²) in [6.07, 6.45) is 14.7. The first-order chi connectivity index (χ1) is 18.2. The van der Waals surface area contributed by atoms with Gasteiger partial charge in [0, 0.05) is 24.0 Å². The lowest BCUT2D eigenvalue weighted by Crippen LogP contribution is -2.35. The van der Waals surface area contributed by atoms with Crippen molar-refractivity contribution in [3.63, 3.8) is 0 Å². The topological polar surface area (TPSA) is 105 Å². The largest absolute Gasteiger partial charge is 0.367 e. The second kappa shape index (κ2) is 13.1. The number of fused-ring (bicyclic) bond motifs is 1. The normalized spacial score (nSPS) is 17.3. The highest BCUT2D eigenvalue weighted by Crippen LogP contribution is 2.25. The summed E-state index contributed by atoms with van der Waals surface area (Å²) in [6.45, 7) is 6.78. The van der Waals surface area contributed by atoms with E-state index in [9.17, 15) is 0 Å². The van der Waals surface area contributed by atoms with Crippen molar-refractivity contribution in [3.05, 3.63) is 35.7 Å². The molecule has 1 aliphatic heterocycles. The zero-order valence-electron chi connectivity index (χ0n) is 22.3. The van der Waals surface area contributed by atoms with E-state index in [-0.39, 0.29) is 0 Å². The molecular weight excluding hydrogens is 462 g/mol. The molecule has 3 aromatic rings. The fourth-order valence-electron chi connectivity index (χ4n) is 5.48. The molecule has 9 heteroatoms. The first-order valence-corrected chi connectivity index (χ1v) is 14.3. The van der Waals surface area contributed by atoms with Gasteiger partial charge < -0.3 is 21.3 Å². The Morgan fingerprint density at radius 1 is 0.973 bits per heavy atom. The minimum absolute atomic E-state index is 0.427. The van der Waals surface area contributed by atoms with Gasteiger partial charge in [-0.1, -0.05) is 42.5 Å². The van der Waals surface area contributed by atoms with Gasteiger partial charge in [0.05, 0.1) is 18.3 Å². The molecule has 2 fully saturated rings. The van der Waals surface area contributed by atoms with Gasteiger partial charge in [0.1, 0.15) is 11.5 Å². The number of hydrogen-bond acceptors (Lipinski definition) is 8. The molecule has 1 saturated heterocycles. The Morgan fingerprint density at radius 3 is 2.70 bits per heavy atom. The summed E-state index contributed by atoms with van der Waals surface area (Å²) in [5, 5.41) is 24.0. The molecule has 0 radical (unpaired) electrons. The minimum Gasteiger partial charge on any atom is -0.367 e. The van der Waals surface area contributed by atoms with E-state index in [4.69, 9.17) is 9.97 Å². The molecule has 1 saturated carbocycles. The number of rotatable bonds is 12. The van der Waals surface area contributed by atoms with Gasteiger partial charge in [-0.25, -0.2) is 4.98 Å².